The van der Waals surface area contributed by atoms with Gasteiger partial charge in [-0.3, -0.25) is 14.9 Å². The van der Waals surface area contributed by atoms with Gasteiger partial charge in [0.2, 0.25) is 0 Å². The molecule has 0 heterocycles. The van der Waals surface area contributed by atoms with E-state index < -0.39 is 16.8 Å². The number of nitrogens with one attached hydrogen (secondary N) is 2. The van der Waals surface area contributed by atoms with Gasteiger partial charge in [0.25, 0.3) is 11.6 Å². The van der Waals surface area contributed by atoms with Crippen molar-refractivity contribution in [3.63, 3.8) is 0 Å². The number of ether oxygens (including phenoxy) is 2. The van der Waals surface area contributed by atoms with E-state index in [1.54, 1.807) is 24.3 Å². The number of nitro groups is 1. The van der Waals surface area contributed by atoms with Crippen LogP contribution in [0.2, 0.25) is 0 Å². The molecular weight excluding hydrogens is 380 g/mol. The number of hydrogen-bond acceptors (Lipinski definition) is 8. The predicted molar refractivity (Wildman–Crippen MR) is 103 cm³/mol. The minimum Gasteiger partial charge on any atom is -0.494 e. The van der Waals surface area contributed by atoms with Gasteiger partial charge in [0, 0.05) is 12.3 Å². The molecule has 0 aliphatic carbocycles. The van der Waals surface area contributed by atoms with E-state index in [4.69, 9.17) is 4.74 Å². The van der Waals surface area contributed by atoms with Crippen molar-refractivity contribution in [1.82, 2.24) is 0 Å². The molecule has 0 saturated heterocycles. The highest BCUT2D eigenvalue weighted by Gasteiger charge is 2.16. The zero-order valence-electron chi connectivity index (χ0n) is 15.5. The molecule has 0 atom stereocenters. The average Bonchev–Trinajstić information content (AvgIpc) is 2.74. The number of non-ortho nitro benzene ring substituents is 1. The summed E-state index contributed by atoms with van der Waals surface area (Å²) in [6.45, 7) is 0. The van der Waals surface area contributed by atoms with Gasteiger partial charge in [0.1, 0.15) is 17.4 Å². The second-order valence-electron chi connectivity index (χ2n) is 5.45. The molecule has 2 N–H and O–H groups in total. The molecule has 10 heteroatoms. The Morgan fingerprint density at radius 3 is 2.52 bits per heavy atom. The zero-order chi connectivity index (χ0) is 21.4. The first kappa shape index (κ1) is 20.9. The Bertz CT molecular complexity index is 1030. The van der Waals surface area contributed by atoms with E-state index in [0.717, 1.165) is 12.3 Å². The van der Waals surface area contributed by atoms with Gasteiger partial charge in [-0.05, 0) is 18.2 Å². The van der Waals surface area contributed by atoms with Crippen molar-refractivity contribution in [2.75, 3.05) is 24.9 Å². The van der Waals surface area contributed by atoms with Crippen LogP contribution in [0.5, 0.6) is 5.75 Å². The molecule has 0 aromatic heterocycles. The Labute approximate surface area is 165 Å². The van der Waals surface area contributed by atoms with Crippen molar-refractivity contribution < 1.29 is 24.0 Å². The van der Waals surface area contributed by atoms with Gasteiger partial charge in [-0.2, -0.15) is 5.26 Å². The maximum Gasteiger partial charge on any atom is 0.339 e. The quantitative estimate of drug-likeness (QED) is 0.239. The summed E-state index contributed by atoms with van der Waals surface area (Å²) in [7, 11) is 2.53. The first-order valence-corrected chi connectivity index (χ1v) is 8.09. The van der Waals surface area contributed by atoms with E-state index in [9.17, 15) is 25.0 Å². The Hall–Kier alpha value is -4.39. The van der Waals surface area contributed by atoms with Crippen LogP contribution in [0.4, 0.5) is 17.1 Å². The second kappa shape index (κ2) is 9.52. The molecule has 0 unspecified atom stereocenters. The molecule has 0 radical (unpaired) electrons. The summed E-state index contributed by atoms with van der Waals surface area (Å²) in [6.07, 6.45) is 1.13. The molecule has 0 aliphatic heterocycles. The van der Waals surface area contributed by atoms with E-state index in [2.05, 4.69) is 15.4 Å². The van der Waals surface area contributed by atoms with Gasteiger partial charge >= 0.3 is 5.97 Å². The van der Waals surface area contributed by atoms with Crippen LogP contribution in [-0.4, -0.2) is 31.0 Å². The van der Waals surface area contributed by atoms with E-state index in [-0.39, 0.29) is 28.3 Å². The molecule has 2 aromatic carbocycles. The maximum absolute atomic E-state index is 12.4. The van der Waals surface area contributed by atoms with Crippen LogP contribution in [-0.2, 0) is 9.53 Å². The fourth-order valence-electron chi connectivity index (χ4n) is 2.28. The highest BCUT2D eigenvalue weighted by molar-refractivity contribution is 6.07. The fourth-order valence-corrected chi connectivity index (χ4v) is 2.28. The molecule has 0 spiro atoms. The van der Waals surface area contributed by atoms with Gasteiger partial charge in [0.15, 0.2) is 0 Å². The van der Waals surface area contributed by atoms with Crippen LogP contribution >= 0.6 is 0 Å². The van der Waals surface area contributed by atoms with Crippen molar-refractivity contribution in [2.24, 2.45) is 0 Å². The number of rotatable bonds is 7. The second-order valence-corrected chi connectivity index (χ2v) is 5.45. The molecule has 0 fully saturated rings. The lowest BCUT2D eigenvalue weighted by Crippen LogP contribution is -2.15. The lowest BCUT2D eigenvalue weighted by Gasteiger charge is -2.10. The minimum atomic E-state index is -0.775. The summed E-state index contributed by atoms with van der Waals surface area (Å²) in [5.74, 6) is -1.29. The number of benzene rings is 2. The first-order valence-electron chi connectivity index (χ1n) is 8.09. The number of nitro benzene ring substituents is 1. The van der Waals surface area contributed by atoms with E-state index >= 15 is 0 Å². The number of hydrogen-bond donors (Lipinski definition) is 2. The topological polar surface area (TPSA) is 144 Å². The van der Waals surface area contributed by atoms with Gasteiger partial charge < -0.3 is 20.1 Å². The normalized spacial score (nSPS) is 10.4. The van der Waals surface area contributed by atoms with E-state index in [1.165, 1.54) is 32.4 Å². The maximum atomic E-state index is 12.4. The third-order valence-electron chi connectivity index (χ3n) is 3.71. The van der Waals surface area contributed by atoms with Crippen LogP contribution in [0, 0.1) is 21.4 Å². The summed E-state index contributed by atoms with van der Waals surface area (Å²) in [4.78, 5) is 34.4. The van der Waals surface area contributed by atoms with Crippen LogP contribution in [0.15, 0.2) is 54.2 Å². The largest absolute Gasteiger partial charge is 0.494 e. The third kappa shape index (κ3) is 5.08. The summed E-state index contributed by atoms with van der Waals surface area (Å²) in [6, 6.07) is 11.8. The molecule has 10 nitrogen and oxygen atoms in total. The van der Waals surface area contributed by atoms with Gasteiger partial charge in [-0.25, -0.2) is 4.79 Å². The molecule has 29 heavy (non-hydrogen) atoms. The highest BCUT2D eigenvalue weighted by Crippen LogP contribution is 2.29. The molecule has 2 aromatic rings. The monoisotopic (exact) mass is 396 g/mol. The van der Waals surface area contributed by atoms with Crippen molar-refractivity contribution in [2.45, 2.75) is 0 Å². The number of nitriles is 1. The van der Waals surface area contributed by atoms with Crippen LogP contribution in [0.3, 0.4) is 0 Å². The smallest absolute Gasteiger partial charge is 0.339 e. The summed E-state index contributed by atoms with van der Waals surface area (Å²) < 4.78 is 9.73. The molecule has 2 rings (SSSR count). The standard InChI is InChI=1S/C19H16N4O6/c1-28-17-9-13(23(26)27)7-8-16(17)22-18(24)12(10-20)11-21-15-6-4-3-5-14(15)19(25)29-2/h3-9,11,21H,1-2H3,(H,22,24)/b12-11-. The number of methoxy groups -OCH3 is 2. The Kier molecular flexibility index (Phi) is 6.86. The lowest BCUT2D eigenvalue weighted by molar-refractivity contribution is -0.384. The Morgan fingerprint density at radius 1 is 1.17 bits per heavy atom. The van der Waals surface area contributed by atoms with E-state index in [0.29, 0.717) is 5.69 Å². The van der Waals surface area contributed by atoms with Crippen molar-refractivity contribution >= 4 is 28.9 Å². The number of para-hydroxylation sites is 1. The molecule has 0 aliphatic rings. The first-order chi connectivity index (χ1) is 13.9. The third-order valence-corrected chi connectivity index (χ3v) is 3.71. The van der Waals surface area contributed by atoms with E-state index in [1.807, 2.05) is 0 Å². The average molecular weight is 396 g/mol. The fraction of sp³-hybridized carbons (Fsp3) is 0.105. The number of carbonyl (C=O) groups excluding carboxylic acids is 2. The van der Waals surface area contributed by atoms with Gasteiger partial charge in [0.05, 0.1) is 42.1 Å². The van der Waals surface area contributed by atoms with Crippen molar-refractivity contribution in [3.8, 4) is 11.8 Å². The molecule has 0 saturated carbocycles. The van der Waals surface area contributed by atoms with Gasteiger partial charge in [-0.1, -0.05) is 12.1 Å². The number of carbonyl (C=O) groups is 2. The number of anilines is 2. The zero-order valence-corrected chi connectivity index (χ0v) is 15.5. The number of nitrogens with zero attached hydrogens (tertiary/aromatic N) is 2. The SMILES string of the molecule is COC(=O)c1ccccc1N/C=C(/C#N)C(=O)Nc1ccc([N+](=O)[O-])cc1OC. The summed E-state index contributed by atoms with van der Waals surface area (Å²) in [5.41, 5.74) is 0.204. The summed E-state index contributed by atoms with van der Waals surface area (Å²) in [5, 5.41) is 25.3. The number of esters is 1. The van der Waals surface area contributed by atoms with Crippen LogP contribution in [0.1, 0.15) is 10.4 Å². The number of amides is 1. The van der Waals surface area contributed by atoms with Crippen LogP contribution < -0.4 is 15.4 Å². The Morgan fingerprint density at radius 2 is 1.90 bits per heavy atom. The molecule has 1 amide bonds. The van der Waals surface area contributed by atoms with Crippen molar-refractivity contribution in [3.05, 3.63) is 69.9 Å². The Balaban J connectivity index is 2.23. The molecule has 148 valence electrons. The predicted octanol–water partition coefficient (Wildman–Crippen LogP) is 2.85. The van der Waals surface area contributed by atoms with Gasteiger partial charge in [-0.15, -0.1) is 0 Å². The molecular formula is C19H16N4O6. The molecule has 0 bridgehead atoms. The minimum absolute atomic E-state index is 0.0637. The lowest BCUT2D eigenvalue weighted by atomic mass is 10.1. The highest BCUT2D eigenvalue weighted by atomic mass is 16.6. The summed E-state index contributed by atoms with van der Waals surface area (Å²) >= 11 is 0. The van der Waals surface area contributed by atoms with Crippen molar-refractivity contribution in [1.29, 1.82) is 5.26 Å². The van der Waals surface area contributed by atoms with Crippen LogP contribution in [0.25, 0.3) is 0 Å².